The fourth-order valence-electron chi connectivity index (χ4n) is 4.62. The van der Waals surface area contributed by atoms with E-state index in [4.69, 9.17) is 0 Å². The van der Waals surface area contributed by atoms with Crippen LogP contribution in [0, 0.1) is 6.92 Å². The monoisotopic (exact) mass is 432 g/mol. The number of anilines is 1. The number of sulfone groups is 1. The number of rotatable bonds is 6. The van der Waals surface area contributed by atoms with E-state index in [9.17, 15) is 13.2 Å². The van der Waals surface area contributed by atoms with Gasteiger partial charge in [0.1, 0.15) is 6.33 Å². The van der Waals surface area contributed by atoms with Crippen molar-refractivity contribution in [3.63, 3.8) is 0 Å². The predicted octanol–water partition coefficient (Wildman–Crippen LogP) is 1.73. The Labute approximate surface area is 176 Å². The van der Waals surface area contributed by atoms with Crippen molar-refractivity contribution in [2.45, 2.75) is 57.5 Å². The van der Waals surface area contributed by atoms with E-state index in [1.165, 1.54) is 12.7 Å². The maximum atomic E-state index is 13.2. The molecular formula is C20H28N6O3S. The molecular weight excluding hydrogens is 404 g/mol. The summed E-state index contributed by atoms with van der Waals surface area (Å²) in [5.74, 6) is 0.250. The van der Waals surface area contributed by atoms with Gasteiger partial charge in [-0.1, -0.05) is 19.3 Å². The Balaban J connectivity index is 1.45. The van der Waals surface area contributed by atoms with E-state index in [2.05, 4.69) is 20.8 Å². The first-order chi connectivity index (χ1) is 14.4. The standard InChI is InChI=1S/C20H28N6O3S/c1-15-11-16(7-8-19(15)25-14-22-23-24-25)21-12-20(27)26(17-5-3-2-4-6-17)18-9-10-30(28,29)13-18/h7-8,11,14,17-18,21H,2-6,9-10,12-13H2,1H3. The van der Waals surface area contributed by atoms with Crippen LogP contribution < -0.4 is 5.32 Å². The number of hydrogen-bond donors (Lipinski definition) is 1. The largest absolute Gasteiger partial charge is 0.376 e. The number of carbonyl (C=O) groups excluding carboxylic acids is 1. The van der Waals surface area contributed by atoms with Crippen molar-refractivity contribution in [1.29, 1.82) is 0 Å². The molecule has 1 atom stereocenters. The fourth-order valence-corrected chi connectivity index (χ4v) is 6.33. The molecule has 1 aromatic heterocycles. The van der Waals surface area contributed by atoms with Gasteiger partial charge in [-0.25, -0.2) is 13.1 Å². The summed E-state index contributed by atoms with van der Waals surface area (Å²) in [5, 5.41) is 14.4. The number of hydrogen-bond acceptors (Lipinski definition) is 7. The summed E-state index contributed by atoms with van der Waals surface area (Å²) in [6.07, 6.45) is 7.38. The topological polar surface area (TPSA) is 110 Å². The lowest BCUT2D eigenvalue weighted by Gasteiger charge is -2.38. The summed E-state index contributed by atoms with van der Waals surface area (Å²) in [7, 11) is -3.04. The molecule has 0 radical (unpaired) electrons. The number of aryl methyl sites for hydroxylation is 1. The Hall–Kier alpha value is -2.49. The summed E-state index contributed by atoms with van der Waals surface area (Å²) in [4.78, 5) is 15.1. The Kier molecular flexibility index (Phi) is 6.03. The maximum absolute atomic E-state index is 13.2. The highest BCUT2D eigenvalue weighted by molar-refractivity contribution is 7.91. The molecule has 9 nitrogen and oxygen atoms in total. The van der Waals surface area contributed by atoms with E-state index in [0.29, 0.717) is 6.42 Å². The van der Waals surface area contributed by atoms with Crippen LogP contribution in [-0.4, -0.2) is 69.6 Å². The molecule has 1 aliphatic carbocycles. The van der Waals surface area contributed by atoms with Gasteiger partial charge in [0.2, 0.25) is 5.91 Å². The van der Waals surface area contributed by atoms with E-state index < -0.39 is 9.84 Å². The summed E-state index contributed by atoms with van der Waals surface area (Å²) in [6, 6.07) is 5.70. The average molecular weight is 433 g/mol. The van der Waals surface area contributed by atoms with Crippen molar-refractivity contribution in [1.82, 2.24) is 25.1 Å². The van der Waals surface area contributed by atoms with E-state index in [0.717, 1.165) is 42.6 Å². The van der Waals surface area contributed by atoms with Gasteiger partial charge in [0, 0.05) is 17.8 Å². The Morgan fingerprint density at radius 2 is 2.00 bits per heavy atom. The number of nitrogens with one attached hydrogen (secondary N) is 1. The van der Waals surface area contributed by atoms with Crippen molar-refractivity contribution >= 4 is 21.4 Å². The second-order valence-electron chi connectivity index (χ2n) is 8.26. The minimum absolute atomic E-state index is 0.0220. The van der Waals surface area contributed by atoms with Crippen molar-refractivity contribution < 1.29 is 13.2 Å². The Bertz CT molecular complexity index is 986. The first-order valence-electron chi connectivity index (χ1n) is 10.5. The van der Waals surface area contributed by atoms with Crippen LogP contribution in [0.15, 0.2) is 24.5 Å². The minimum atomic E-state index is -3.04. The van der Waals surface area contributed by atoms with Crippen LogP contribution in [0.25, 0.3) is 5.69 Å². The lowest BCUT2D eigenvalue weighted by Crippen LogP contribution is -2.50. The molecule has 0 spiro atoms. The highest BCUT2D eigenvalue weighted by Crippen LogP contribution is 2.28. The highest BCUT2D eigenvalue weighted by atomic mass is 32.2. The van der Waals surface area contributed by atoms with Crippen LogP contribution in [0.3, 0.4) is 0 Å². The molecule has 2 aromatic rings. The first kappa shape index (κ1) is 20.8. The first-order valence-corrected chi connectivity index (χ1v) is 12.3. The van der Waals surface area contributed by atoms with E-state index in [-0.39, 0.29) is 36.0 Å². The molecule has 1 amide bonds. The van der Waals surface area contributed by atoms with Gasteiger partial charge in [0.25, 0.3) is 0 Å². The van der Waals surface area contributed by atoms with Gasteiger partial charge in [-0.3, -0.25) is 4.79 Å². The van der Waals surface area contributed by atoms with Crippen LogP contribution in [-0.2, 0) is 14.6 Å². The molecule has 1 saturated heterocycles. The Morgan fingerprint density at radius 3 is 2.63 bits per heavy atom. The van der Waals surface area contributed by atoms with Gasteiger partial charge in [-0.05, 0) is 60.4 Å². The lowest BCUT2D eigenvalue weighted by atomic mass is 9.93. The molecule has 1 aliphatic heterocycles. The molecule has 10 heteroatoms. The third kappa shape index (κ3) is 4.63. The van der Waals surface area contributed by atoms with Gasteiger partial charge in [0.05, 0.1) is 23.7 Å². The number of amides is 1. The van der Waals surface area contributed by atoms with Gasteiger partial charge in [0.15, 0.2) is 9.84 Å². The van der Waals surface area contributed by atoms with E-state index >= 15 is 0 Å². The molecule has 30 heavy (non-hydrogen) atoms. The molecule has 1 unspecified atom stereocenters. The van der Waals surface area contributed by atoms with Crippen LogP contribution in [0.1, 0.15) is 44.1 Å². The molecule has 2 heterocycles. The third-order valence-electron chi connectivity index (χ3n) is 6.09. The number of benzene rings is 1. The SMILES string of the molecule is Cc1cc(NCC(=O)N(C2CCCCC2)C2CCS(=O)(=O)C2)ccc1-n1cnnn1. The van der Waals surface area contributed by atoms with Crippen LogP contribution in [0.5, 0.6) is 0 Å². The quantitative estimate of drug-likeness (QED) is 0.740. The second kappa shape index (κ2) is 8.71. The molecule has 0 bridgehead atoms. The highest BCUT2D eigenvalue weighted by Gasteiger charge is 2.38. The van der Waals surface area contributed by atoms with Crippen molar-refractivity contribution in [2.24, 2.45) is 0 Å². The number of aromatic nitrogens is 4. The Morgan fingerprint density at radius 1 is 1.20 bits per heavy atom. The molecule has 2 aliphatic rings. The number of tetrazole rings is 1. The van der Waals surface area contributed by atoms with Crippen LogP contribution >= 0.6 is 0 Å². The number of nitrogens with zero attached hydrogens (tertiary/aromatic N) is 5. The smallest absolute Gasteiger partial charge is 0.242 e. The van der Waals surface area contributed by atoms with Crippen LogP contribution in [0.2, 0.25) is 0 Å². The second-order valence-corrected chi connectivity index (χ2v) is 10.5. The summed E-state index contributed by atoms with van der Waals surface area (Å²) in [6.45, 7) is 2.11. The van der Waals surface area contributed by atoms with Gasteiger partial charge >= 0.3 is 0 Å². The van der Waals surface area contributed by atoms with E-state index in [1.807, 2.05) is 30.0 Å². The summed E-state index contributed by atoms with van der Waals surface area (Å²) < 4.78 is 25.6. The van der Waals surface area contributed by atoms with Crippen LogP contribution in [0.4, 0.5) is 5.69 Å². The molecule has 162 valence electrons. The van der Waals surface area contributed by atoms with E-state index in [1.54, 1.807) is 4.68 Å². The predicted molar refractivity (Wildman–Crippen MR) is 113 cm³/mol. The van der Waals surface area contributed by atoms with Gasteiger partial charge in [-0.2, -0.15) is 0 Å². The minimum Gasteiger partial charge on any atom is -0.376 e. The molecule has 1 aromatic carbocycles. The summed E-state index contributed by atoms with van der Waals surface area (Å²) >= 11 is 0. The van der Waals surface area contributed by atoms with Gasteiger partial charge in [-0.15, -0.1) is 5.10 Å². The van der Waals surface area contributed by atoms with Crippen molar-refractivity contribution in [3.8, 4) is 5.69 Å². The van der Waals surface area contributed by atoms with Crippen molar-refractivity contribution in [3.05, 3.63) is 30.1 Å². The molecule has 1 N–H and O–H groups in total. The molecule has 2 fully saturated rings. The number of carbonyl (C=O) groups is 1. The van der Waals surface area contributed by atoms with Crippen molar-refractivity contribution in [2.75, 3.05) is 23.4 Å². The molecule has 1 saturated carbocycles. The summed E-state index contributed by atoms with van der Waals surface area (Å²) in [5.41, 5.74) is 2.68. The fraction of sp³-hybridized carbons (Fsp3) is 0.600. The zero-order valence-electron chi connectivity index (χ0n) is 17.2. The zero-order valence-corrected chi connectivity index (χ0v) is 18.0. The third-order valence-corrected chi connectivity index (χ3v) is 7.84. The van der Waals surface area contributed by atoms with Gasteiger partial charge < -0.3 is 10.2 Å². The lowest BCUT2D eigenvalue weighted by molar-refractivity contribution is -0.134. The zero-order chi connectivity index (χ0) is 21.1. The normalized spacial score (nSPS) is 21.4. The average Bonchev–Trinajstić information content (AvgIpc) is 3.37. The maximum Gasteiger partial charge on any atom is 0.242 e. The molecule has 4 rings (SSSR count).